The van der Waals surface area contributed by atoms with Crippen LogP contribution < -0.4 is 10.6 Å². The molecule has 1 rings (SSSR count). The number of nitrogens with one attached hydrogen (secondary N) is 2. The normalized spacial score (nSPS) is 21.1. The van der Waals surface area contributed by atoms with Crippen LogP contribution in [0.4, 0.5) is 0 Å². The molecule has 0 spiro atoms. The van der Waals surface area contributed by atoms with Gasteiger partial charge in [0.2, 0.25) is 0 Å². The minimum atomic E-state index is 0. The monoisotopic (exact) mass is 428 g/mol. The fourth-order valence-corrected chi connectivity index (χ4v) is 2.45. The Morgan fingerprint density at radius 2 is 2.18 bits per heavy atom. The van der Waals surface area contributed by atoms with Gasteiger partial charge in [-0.2, -0.15) is 0 Å². The van der Waals surface area contributed by atoms with Gasteiger partial charge >= 0.3 is 0 Å². The molecule has 1 heterocycles. The zero-order chi connectivity index (χ0) is 15.5. The van der Waals surface area contributed by atoms with E-state index in [0.29, 0.717) is 18.7 Å². The number of morpholine rings is 1. The highest BCUT2D eigenvalue weighted by molar-refractivity contribution is 14.0. The topological polar surface area (TPSA) is 58.1 Å². The molecule has 1 saturated heterocycles. The van der Waals surface area contributed by atoms with E-state index in [-0.39, 0.29) is 24.0 Å². The van der Waals surface area contributed by atoms with E-state index < -0.39 is 0 Å². The minimum Gasteiger partial charge on any atom is -0.380 e. The van der Waals surface area contributed by atoms with E-state index in [1.807, 2.05) is 6.92 Å². The summed E-state index contributed by atoms with van der Waals surface area (Å²) in [6.45, 7) is 15.0. The van der Waals surface area contributed by atoms with Crippen LogP contribution in [0.3, 0.4) is 0 Å². The van der Waals surface area contributed by atoms with E-state index in [1.54, 1.807) is 0 Å². The molecule has 0 aromatic carbocycles. The van der Waals surface area contributed by atoms with E-state index in [2.05, 4.69) is 41.3 Å². The van der Waals surface area contributed by atoms with Crippen LogP contribution in [0.5, 0.6) is 0 Å². The predicted octanol–water partition coefficient (Wildman–Crippen LogP) is 1.31. The third-order valence-corrected chi connectivity index (χ3v) is 3.59. The number of guanidine groups is 1. The second kappa shape index (κ2) is 13.3. The highest BCUT2D eigenvalue weighted by atomic mass is 127. The van der Waals surface area contributed by atoms with Crippen molar-refractivity contribution in [3.8, 4) is 0 Å². The maximum absolute atomic E-state index is 5.49. The zero-order valence-electron chi connectivity index (χ0n) is 14.4. The molecule has 0 bridgehead atoms. The maximum Gasteiger partial charge on any atom is 0.191 e. The predicted molar refractivity (Wildman–Crippen MR) is 102 cm³/mol. The first-order valence-electron chi connectivity index (χ1n) is 8.12. The number of halogens is 1. The molecule has 2 unspecified atom stereocenters. The molecular weight excluding hydrogens is 395 g/mol. The molecule has 0 aromatic heterocycles. The van der Waals surface area contributed by atoms with E-state index in [1.165, 1.54) is 0 Å². The van der Waals surface area contributed by atoms with Crippen molar-refractivity contribution in [3.05, 3.63) is 0 Å². The quantitative estimate of drug-likeness (QED) is 0.264. The summed E-state index contributed by atoms with van der Waals surface area (Å²) in [6.07, 6.45) is 0. The Labute approximate surface area is 152 Å². The summed E-state index contributed by atoms with van der Waals surface area (Å²) in [6, 6.07) is 0.892. The summed E-state index contributed by atoms with van der Waals surface area (Å²) in [4.78, 5) is 7.15. The van der Waals surface area contributed by atoms with Crippen LogP contribution in [-0.2, 0) is 9.47 Å². The zero-order valence-corrected chi connectivity index (χ0v) is 16.8. The molecule has 2 N–H and O–H groups in total. The molecule has 0 saturated carbocycles. The maximum atomic E-state index is 5.49. The molecule has 0 aliphatic carbocycles. The molecule has 1 aliphatic rings. The van der Waals surface area contributed by atoms with Gasteiger partial charge in [-0.1, -0.05) is 0 Å². The Bertz CT molecular complexity index is 305. The third kappa shape index (κ3) is 8.50. The molecule has 0 radical (unpaired) electrons. The van der Waals surface area contributed by atoms with E-state index in [0.717, 1.165) is 52.0 Å². The largest absolute Gasteiger partial charge is 0.380 e. The lowest BCUT2D eigenvalue weighted by atomic mass is 10.2. The van der Waals surface area contributed by atoms with Gasteiger partial charge in [0, 0.05) is 38.3 Å². The summed E-state index contributed by atoms with van der Waals surface area (Å²) < 4.78 is 10.8. The van der Waals surface area contributed by atoms with E-state index in [9.17, 15) is 0 Å². The number of ether oxygens (including phenoxy) is 2. The van der Waals surface area contributed by atoms with Crippen LogP contribution in [0.1, 0.15) is 27.7 Å². The van der Waals surface area contributed by atoms with Gasteiger partial charge in [-0.15, -0.1) is 24.0 Å². The van der Waals surface area contributed by atoms with Crippen LogP contribution >= 0.6 is 24.0 Å². The standard InChI is InChI=1S/C15H32N4O2.HI/c1-5-16-15(17-7-9-20-6-2)18-11-13(3)19-8-10-21-12-14(19)4;/h13-14H,5-12H2,1-4H3,(H2,16,17,18);1H. The number of rotatable bonds is 8. The SMILES string of the molecule is CCNC(=NCC(C)N1CCOCC1C)NCCOCC.I. The lowest BCUT2D eigenvalue weighted by Gasteiger charge is -2.37. The fraction of sp³-hybridized carbons (Fsp3) is 0.933. The Morgan fingerprint density at radius 3 is 2.82 bits per heavy atom. The summed E-state index contributed by atoms with van der Waals surface area (Å²) in [7, 11) is 0. The molecule has 22 heavy (non-hydrogen) atoms. The smallest absolute Gasteiger partial charge is 0.191 e. The number of hydrogen-bond acceptors (Lipinski definition) is 4. The van der Waals surface area contributed by atoms with Gasteiger partial charge in [0.1, 0.15) is 0 Å². The summed E-state index contributed by atoms with van der Waals surface area (Å²) >= 11 is 0. The molecule has 1 aliphatic heterocycles. The van der Waals surface area contributed by atoms with Crippen molar-refractivity contribution >= 4 is 29.9 Å². The Balaban J connectivity index is 0.00000441. The molecule has 2 atom stereocenters. The third-order valence-electron chi connectivity index (χ3n) is 3.59. The van der Waals surface area contributed by atoms with Gasteiger partial charge in [0.05, 0.1) is 26.4 Å². The van der Waals surface area contributed by atoms with Gasteiger partial charge < -0.3 is 20.1 Å². The van der Waals surface area contributed by atoms with Gasteiger partial charge in [-0.05, 0) is 27.7 Å². The lowest BCUT2D eigenvalue weighted by Crippen LogP contribution is -2.49. The van der Waals surface area contributed by atoms with Crippen LogP contribution in [0, 0.1) is 0 Å². The number of hydrogen-bond donors (Lipinski definition) is 2. The van der Waals surface area contributed by atoms with Crippen molar-refractivity contribution in [1.82, 2.24) is 15.5 Å². The molecule has 7 heteroatoms. The first-order chi connectivity index (χ1) is 10.2. The molecular formula is C15H33IN4O2. The summed E-state index contributed by atoms with van der Waals surface area (Å²) in [5.41, 5.74) is 0. The van der Waals surface area contributed by atoms with Crippen molar-refractivity contribution in [1.29, 1.82) is 0 Å². The average molecular weight is 428 g/mol. The summed E-state index contributed by atoms with van der Waals surface area (Å²) in [5, 5.41) is 6.56. The van der Waals surface area contributed by atoms with Gasteiger partial charge in [-0.25, -0.2) is 0 Å². The second-order valence-electron chi connectivity index (χ2n) is 5.35. The van der Waals surface area contributed by atoms with Crippen LogP contribution in [-0.4, -0.2) is 75.5 Å². The van der Waals surface area contributed by atoms with Crippen LogP contribution in [0.2, 0.25) is 0 Å². The highest BCUT2D eigenvalue weighted by Crippen LogP contribution is 2.10. The van der Waals surface area contributed by atoms with Crippen LogP contribution in [0.25, 0.3) is 0 Å². The first kappa shape index (κ1) is 21.9. The van der Waals surface area contributed by atoms with E-state index in [4.69, 9.17) is 9.47 Å². The molecule has 6 nitrogen and oxygen atoms in total. The van der Waals surface area contributed by atoms with Gasteiger partial charge in [-0.3, -0.25) is 9.89 Å². The molecule has 132 valence electrons. The molecule has 1 fully saturated rings. The van der Waals surface area contributed by atoms with Gasteiger partial charge in [0.15, 0.2) is 5.96 Å². The number of nitrogens with zero attached hydrogens (tertiary/aromatic N) is 2. The van der Waals surface area contributed by atoms with Crippen LogP contribution in [0.15, 0.2) is 4.99 Å². The highest BCUT2D eigenvalue weighted by Gasteiger charge is 2.23. The molecule has 0 amide bonds. The average Bonchev–Trinajstić information content (AvgIpc) is 2.49. The van der Waals surface area contributed by atoms with Gasteiger partial charge in [0.25, 0.3) is 0 Å². The Hall–Kier alpha value is -0.120. The van der Waals surface area contributed by atoms with E-state index >= 15 is 0 Å². The lowest BCUT2D eigenvalue weighted by molar-refractivity contribution is -0.0165. The Morgan fingerprint density at radius 1 is 1.41 bits per heavy atom. The number of aliphatic imine (C=N–C) groups is 1. The van der Waals surface area contributed by atoms with Crippen molar-refractivity contribution in [2.45, 2.75) is 39.8 Å². The minimum absolute atomic E-state index is 0. The first-order valence-corrected chi connectivity index (χ1v) is 8.12. The summed E-state index contributed by atoms with van der Waals surface area (Å²) in [5.74, 6) is 0.866. The van der Waals surface area contributed by atoms with Crippen molar-refractivity contribution in [3.63, 3.8) is 0 Å². The second-order valence-corrected chi connectivity index (χ2v) is 5.35. The van der Waals surface area contributed by atoms with Crippen molar-refractivity contribution in [2.75, 3.05) is 52.6 Å². The van der Waals surface area contributed by atoms with Crippen molar-refractivity contribution < 1.29 is 9.47 Å². The Kier molecular flexibility index (Phi) is 13.3. The fourth-order valence-electron chi connectivity index (χ4n) is 2.45. The van der Waals surface area contributed by atoms with Crippen molar-refractivity contribution in [2.24, 2.45) is 4.99 Å². The molecule has 0 aromatic rings.